The second kappa shape index (κ2) is 4.19. The van der Waals surface area contributed by atoms with E-state index in [4.69, 9.17) is 16.7 Å². The lowest BCUT2D eigenvalue weighted by molar-refractivity contribution is 0.0690. The number of aromatic carboxylic acids is 1. The molecule has 0 radical (unpaired) electrons. The molecular formula is C9H5ClN4O2. The Balaban J connectivity index is 2.54. The van der Waals surface area contributed by atoms with Crippen LogP contribution in [0.3, 0.4) is 0 Å². The summed E-state index contributed by atoms with van der Waals surface area (Å²) in [5.74, 6) is -0.930. The summed E-state index contributed by atoms with van der Waals surface area (Å²) in [6.07, 6.45) is 2.84. The number of carboxylic acid groups (broad SMARTS) is 1. The van der Waals surface area contributed by atoms with Gasteiger partial charge in [-0.15, -0.1) is 5.10 Å². The van der Waals surface area contributed by atoms with Crippen LogP contribution in [0.25, 0.3) is 11.5 Å². The van der Waals surface area contributed by atoms with Gasteiger partial charge in [0.2, 0.25) is 0 Å². The number of pyridine rings is 1. The number of carboxylic acids is 1. The van der Waals surface area contributed by atoms with E-state index in [-0.39, 0.29) is 22.2 Å². The van der Waals surface area contributed by atoms with Gasteiger partial charge in [-0.1, -0.05) is 11.6 Å². The standard InChI is InChI=1S/C9H5ClN4O2/c10-5-3-6(8-11-1-2-12-14-8)13-7(4-5)9(15)16/h1-4H,(H,15,16). The largest absolute Gasteiger partial charge is 0.477 e. The van der Waals surface area contributed by atoms with E-state index >= 15 is 0 Å². The van der Waals surface area contributed by atoms with E-state index < -0.39 is 5.97 Å². The van der Waals surface area contributed by atoms with Crippen LogP contribution in [0.2, 0.25) is 5.02 Å². The van der Waals surface area contributed by atoms with Gasteiger partial charge in [-0.2, -0.15) is 5.10 Å². The van der Waals surface area contributed by atoms with Gasteiger partial charge in [0.25, 0.3) is 0 Å². The van der Waals surface area contributed by atoms with Crippen LogP contribution < -0.4 is 0 Å². The highest BCUT2D eigenvalue weighted by atomic mass is 35.5. The monoisotopic (exact) mass is 236 g/mol. The average Bonchev–Trinajstić information content (AvgIpc) is 2.29. The Labute approximate surface area is 95.0 Å². The van der Waals surface area contributed by atoms with Crippen LogP contribution in [0.1, 0.15) is 10.5 Å². The fourth-order valence-electron chi connectivity index (χ4n) is 1.09. The maximum atomic E-state index is 10.8. The van der Waals surface area contributed by atoms with Crippen LogP contribution in [-0.4, -0.2) is 31.2 Å². The van der Waals surface area contributed by atoms with Gasteiger partial charge in [-0.25, -0.2) is 14.8 Å². The van der Waals surface area contributed by atoms with Crippen molar-refractivity contribution in [2.75, 3.05) is 0 Å². The third kappa shape index (κ3) is 2.12. The third-order valence-corrected chi connectivity index (χ3v) is 1.94. The highest BCUT2D eigenvalue weighted by Gasteiger charge is 2.11. The molecule has 0 aromatic carbocycles. The summed E-state index contributed by atoms with van der Waals surface area (Å²) in [7, 11) is 0. The summed E-state index contributed by atoms with van der Waals surface area (Å²) in [4.78, 5) is 18.5. The Morgan fingerprint density at radius 1 is 1.31 bits per heavy atom. The van der Waals surface area contributed by atoms with Crippen molar-refractivity contribution >= 4 is 17.6 Å². The van der Waals surface area contributed by atoms with Crippen molar-refractivity contribution in [1.82, 2.24) is 20.2 Å². The van der Waals surface area contributed by atoms with Gasteiger partial charge in [-0.05, 0) is 12.1 Å². The Kier molecular flexibility index (Phi) is 2.74. The number of aromatic nitrogens is 4. The minimum atomic E-state index is -1.16. The molecule has 0 spiro atoms. The predicted molar refractivity (Wildman–Crippen MR) is 55.0 cm³/mol. The number of rotatable bonds is 2. The Morgan fingerprint density at radius 3 is 2.75 bits per heavy atom. The smallest absolute Gasteiger partial charge is 0.354 e. The maximum Gasteiger partial charge on any atom is 0.354 e. The van der Waals surface area contributed by atoms with Gasteiger partial charge in [0, 0.05) is 11.2 Å². The molecule has 2 aromatic rings. The predicted octanol–water partition coefficient (Wildman–Crippen LogP) is 1.29. The molecule has 0 aliphatic carbocycles. The van der Waals surface area contributed by atoms with E-state index in [1.165, 1.54) is 24.5 Å². The van der Waals surface area contributed by atoms with Crippen LogP contribution in [0.4, 0.5) is 0 Å². The molecule has 2 rings (SSSR count). The van der Waals surface area contributed by atoms with Crippen molar-refractivity contribution in [2.45, 2.75) is 0 Å². The quantitative estimate of drug-likeness (QED) is 0.845. The minimum absolute atomic E-state index is 0.157. The molecule has 0 atom stereocenters. The zero-order valence-corrected chi connectivity index (χ0v) is 8.59. The Bertz CT molecular complexity index is 532. The molecule has 0 bridgehead atoms. The van der Waals surface area contributed by atoms with E-state index in [9.17, 15) is 4.79 Å². The number of halogens is 1. The minimum Gasteiger partial charge on any atom is -0.477 e. The molecule has 16 heavy (non-hydrogen) atoms. The van der Waals surface area contributed by atoms with Gasteiger partial charge >= 0.3 is 5.97 Å². The zero-order valence-electron chi connectivity index (χ0n) is 7.83. The molecule has 0 aliphatic heterocycles. The highest BCUT2D eigenvalue weighted by Crippen LogP contribution is 2.18. The first-order chi connectivity index (χ1) is 7.66. The first-order valence-electron chi connectivity index (χ1n) is 4.22. The molecule has 7 heteroatoms. The fourth-order valence-corrected chi connectivity index (χ4v) is 1.29. The summed E-state index contributed by atoms with van der Waals surface area (Å²) >= 11 is 5.76. The molecule has 0 saturated carbocycles. The summed E-state index contributed by atoms with van der Waals surface area (Å²) in [5.41, 5.74) is 0.118. The topological polar surface area (TPSA) is 88.9 Å². The lowest BCUT2D eigenvalue weighted by Crippen LogP contribution is -2.02. The molecule has 0 saturated heterocycles. The second-order valence-electron chi connectivity index (χ2n) is 2.83. The van der Waals surface area contributed by atoms with E-state index in [0.717, 1.165) is 0 Å². The lowest BCUT2D eigenvalue weighted by Gasteiger charge is -2.00. The molecule has 0 unspecified atom stereocenters. The van der Waals surface area contributed by atoms with Crippen molar-refractivity contribution in [3.63, 3.8) is 0 Å². The summed E-state index contributed by atoms with van der Waals surface area (Å²) in [6.45, 7) is 0. The van der Waals surface area contributed by atoms with Crippen LogP contribution in [-0.2, 0) is 0 Å². The number of hydrogen-bond acceptors (Lipinski definition) is 5. The Morgan fingerprint density at radius 2 is 2.12 bits per heavy atom. The number of hydrogen-bond donors (Lipinski definition) is 1. The van der Waals surface area contributed by atoms with Crippen molar-refractivity contribution in [3.8, 4) is 11.5 Å². The van der Waals surface area contributed by atoms with Crippen molar-refractivity contribution < 1.29 is 9.90 Å². The van der Waals surface area contributed by atoms with E-state index in [0.29, 0.717) is 0 Å². The lowest BCUT2D eigenvalue weighted by atomic mass is 10.3. The van der Waals surface area contributed by atoms with Gasteiger partial charge in [-0.3, -0.25) is 0 Å². The molecule has 2 heterocycles. The van der Waals surface area contributed by atoms with Crippen LogP contribution >= 0.6 is 11.6 Å². The van der Waals surface area contributed by atoms with Crippen molar-refractivity contribution in [2.24, 2.45) is 0 Å². The van der Waals surface area contributed by atoms with Crippen LogP contribution in [0.15, 0.2) is 24.5 Å². The van der Waals surface area contributed by atoms with Gasteiger partial charge in [0.1, 0.15) is 5.69 Å². The SMILES string of the molecule is O=C(O)c1cc(Cl)cc(-c2nccnn2)n1. The molecule has 80 valence electrons. The Hall–Kier alpha value is -2.08. The van der Waals surface area contributed by atoms with Crippen LogP contribution in [0.5, 0.6) is 0 Å². The summed E-state index contributed by atoms with van der Waals surface area (Å²) in [6, 6.07) is 2.73. The number of nitrogens with zero attached hydrogens (tertiary/aromatic N) is 4. The molecule has 0 fully saturated rings. The van der Waals surface area contributed by atoms with Gasteiger partial charge in [0.05, 0.1) is 6.20 Å². The van der Waals surface area contributed by atoms with Crippen LogP contribution in [0, 0.1) is 0 Å². The second-order valence-corrected chi connectivity index (χ2v) is 3.26. The van der Waals surface area contributed by atoms with E-state index in [1.54, 1.807) is 0 Å². The first-order valence-corrected chi connectivity index (χ1v) is 4.59. The average molecular weight is 237 g/mol. The first kappa shape index (κ1) is 10.4. The molecule has 0 amide bonds. The van der Waals surface area contributed by atoms with Crippen molar-refractivity contribution in [1.29, 1.82) is 0 Å². The third-order valence-electron chi connectivity index (χ3n) is 1.72. The molecule has 6 nitrogen and oxygen atoms in total. The maximum absolute atomic E-state index is 10.8. The zero-order chi connectivity index (χ0) is 11.5. The molecular weight excluding hydrogens is 232 g/mol. The normalized spacial score (nSPS) is 10.1. The summed E-state index contributed by atoms with van der Waals surface area (Å²) in [5, 5.41) is 16.4. The molecule has 1 N–H and O–H groups in total. The van der Waals surface area contributed by atoms with Gasteiger partial charge < -0.3 is 5.11 Å². The molecule has 2 aromatic heterocycles. The fraction of sp³-hybridized carbons (Fsp3) is 0. The van der Waals surface area contributed by atoms with Crippen molar-refractivity contribution in [3.05, 3.63) is 35.2 Å². The number of carbonyl (C=O) groups is 1. The molecule has 0 aliphatic rings. The van der Waals surface area contributed by atoms with E-state index in [2.05, 4.69) is 20.2 Å². The van der Waals surface area contributed by atoms with E-state index in [1.807, 2.05) is 0 Å². The summed E-state index contributed by atoms with van der Waals surface area (Å²) < 4.78 is 0. The van der Waals surface area contributed by atoms with Gasteiger partial charge in [0.15, 0.2) is 11.5 Å². The highest BCUT2D eigenvalue weighted by molar-refractivity contribution is 6.31.